The van der Waals surface area contributed by atoms with E-state index in [1.54, 1.807) is 0 Å². The molecule has 1 atom stereocenters. The summed E-state index contributed by atoms with van der Waals surface area (Å²) in [4.78, 5) is 11.7. The number of hydrogen-bond acceptors (Lipinski definition) is 2. The fourth-order valence-corrected chi connectivity index (χ4v) is 2.21. The van der Waals surface area contributed by atoms with Gasteiger partial charge in [-0.1, -0.05) is 28.1 Å². The van der Waals surface area contributed by atoms with Gasteiger partial charge in [-0.2, -0.15) is 0 Å². The number of nitrogens with one attached hydrogen (secondary N) is 1. The first-order chi connectivity index (χ1) is 8.61. The minimum Gasteiger partial charge on any atom is -0.396 e. The first-order valence-electron chi connectivity index (χ1n) is 6.26. The summed E-state index contributed by atoms with van der Waals surface area (Å²) in [6, 6.07) is 8.13. The van der Waals surface area contributed by atoms with Crippen LogP contribution in [0.2, 0.25) is 0 Å². The number of carbonyl (C=O) groups excluding carboxylic acids is 1. The van der Waals surface area contributed by atoms with Crippen LogP contribution in [0.25, 0.3) is 0 Å². The summed E-state index contributed by atoms with van der Waals surface area (Å²) in [6.07, 6.45) is 2.80. The number of amides is 1. The summed E-state index contributed by atoms with van der Waals surface area (Å²) in [5.74, 6) is 0.0698. The Bertz CT molecular complexity index is 382. The Kier molecular flexibility index (Phi) is 6.98. The van der Waals surface area contributed by atoms with E-state index in [0.29, 0.717) is 6.42 Å². The van der Waals surface area contributed by atoms with Crippen LogP contribution in [0, 0.1) is 0 Å². The average molecular weight is 314 g/mol. The van der Waals surface area contributed by atoms with Crippen molar-refractivity contribution in [1.29, 1.82) is 0 Å². The van der Waals surface area contributed by atoms with Crippen molar-refractivity contribution >= 4 is 21.8 Å². The lowest BCUT2D eigenvalue weighted by atomic mass is 10.1. The Balaban J connectivity index is 2.28. The van der Waals surface area contributed by atoms with Gasteiger partial charge in [0.1, 0.15) is 0 Å². The first-order valence-corrected chi connectivity index (χ1v) is 7.06. The minimum atomic E-state index is 0.0698. The number of hydrogen-bond donors (Lipinski definition) is 2. The van der Waals surface area contributed by atoms with Crippen LogP contribution in [0.15, 0.2) is 28.7 Å². The van der Waals surface area contributed by atoms with Gasteiger partial charge in [-0.05, 0) is 43.9 Å². The molecule has 2 N–H and O–H groups in total. The van der Waals surface area contributed by atoms with E-state index in [2.05, 4.69) is 21.2 Å². The van der Waals surface area contributed by atoms with E-state index >= 15 is 0 Å². The van der Waals surface area contributed by atoms with Crippen molar-refractivity contribution in [2.24, 2.45) is 0 Å². The first kappa shape index (κ1) is 15.2. The zero-order valence-electron chi connectivity index (χ0n) is 10.7. The molecule has 0 spiro atoms. The van der Waals surface area contributed by atoms with E-state index in [4.69, 9.17) is 5.11 Å². The van der Waals surface area contributed by atoms with E-state index < -0.39 is 0 Å². The third-order valence-corrected chi connectivity index (χ3v) is 3.23. The van der Waals surface area contributed by atoms with Crippen molar-refractivity contribution in [2.45, 2.75) is 38.6 Å². The molecule has 100 valence electrons. The van der Waals surface area contributed by atoms with Crippen LogP contribution in [0.3, 0.4) is 0 Å². The maximum atomic E-state index is 11.7. The molecule has 1 amide bonds. The summed E-state index contributed by atoms with van der Waals surface area (Å²) in [5, 5.41) is 11.6. The highest BCUT2D eigenvalue weighted by atomic mass is 79.9. The Morgan fingerprint density at radius 3 is 2.94 bits per heavy atom. The van der Waals surface area contributed by atoms with Crippen molar-refractivity contribution in [2.75, 3.05) is 6.61 Å². The largest absolute Gasteiger partial charge is 0.396 e. The quantitative estimate of drug-likeness (QED) is 0.813. The van der Waals surface area contributed by atoms with E-state index in [1.807, 2.05) is 31.2 Å². The molecule has 0 saturated heterocycles. The molecule has 0 aromatic heterocycles. The molecule has 18 heavy (non-hydrogen) atoms. The van der Waals surface area contributed by atoms with Crippen LogP contribution in [0.1, 0.15) is 31.7 Å². The number of aliphatic hydroxyl groups is 1. The molecule has 0 saturated carbocycles. The molecular formula is C14H20BrNO2. The lowest BCUT2D eigenvalue weighted by Gasteiger charge is -2.13. The monoisotopic (exact) mass is 313 g/mol. The molecule has 0 aliphatic heterocycles. The molecule has 0 bridgehead atoms. The van der Waals surface area contributed by atoms with Gasteiger partial charge in [-0.3, -0.25) is 4.79 Å². The molecule has 3 nitrogen and oxygen atoms in total. The molecule has 0 aliphatic carbocycles. The lowest BCUT2D eigenvalue weighted by Crippen LogP contribution is -2.32. The maximum Gasteiger partial charge on any atom is 0.220 e. The zero-order chi connectivity index (χ0) is 13.4. The van der Waals surface area contributed by atoms with Crippen molar-refractivity contribution in [1.82, 2.24) is 5.32 Å². The van der Waals surface area contributed by atoms with Gasteiger partial charge >= 0.3 is 0 Å². The Morgan fingerprint density at radius 2 is 2.28 bits per heavy atom. The fraction of sp³-hybridized carbons (Fsp3) is 0.500. The zero-order valence-corrected chi connectivity index (χ0v) is 12.2. The second-order valence-electron chi connectivity index (χ2n) is 4.46. The van der Waals surface area contributed by atoms with Gasteiger partial charge in [0.15, 0.2) is 0 Å². The maximum absolute atomic E-state index is 11.7. The molecule has 1 aromatic rings. The Hall–Kier alpha value is -0.870. The van der Waals surface area contributed by atoms with Gasteiger partial charge in [0.05, 0.1) is 0 Å². The van der Waals surface area contributed by atoms with Gasteiger partial charge < -0.3 is 10.4 Å². The smallest absolute Gasteiger partial charge is 0.220 e. The van der Waals surface area contributed by atoms with Crippen LogP contribution in [-0.4, -0.2) is 23.7 Å². The molecular weight excluding hydrogens is 294 g/mol. The van der Waals surface area contributed by atoms with E-state index in [0.717, 1.165) is 29.3 Å². The lowest BCUT2D eigenvalue weighted by molar-refractivity contribution is -0.121. The summed E-state index contributed by atoms with van der Waals surface area (Å²) in [5.41, 5.74) is 1.16. The molecule has 4 heteroatoms. The van der Waals surface area contributed by atoms with Crippen LogP contribution in [0.4, 0.5) is 0 Å². The average Bonchev–Trinajstić information content (AvgIpc) is 2.34. The number of aryl methyl sites for hydroxylation is 1. The molecule has 1 aromatic carbocycles. The topological polar surface area (TPSA) is 49.3 Å². The number of halogens is 1. The van der Waals surface area contributed by atoms with Crippen LogP contribution >= 0.6 is 15.9 Å². The van der Waals surface area contributed by atoms with E-state index in [-0.39, 0.29) is 18.6 Å². The molecule has 1 rings (SSSR count). The predicted molar refractivity (Wildman–Crippen MR) is 76.4 cm³/mol. The highest BCUT2D eigenvalue weighted by Gasteiger charge is 2.07. The highest BCUT2D eigenvalue weighted by molar-refractivity contribution is 9.10. The predicted octanol–water partition coefficient (Wildman–Crippen LogP) is 2.66. The fourth-order valence-electron chi connectivity index (χ4n) is 1.77. The van der Waals surface area contributed by atoms with Crippen LogP contribution < -0.4 is 5.32 Å². The second-order valence-corrected chi connectivity index (χ2v) is 5.38. The van der Waals surface area contributed by atoms with Crippen LogP contribution in [-0.2, 0) is 11.2 Å². The summed E-state index contributed by atoms with van der Waals surface area (Å²) >= 11 is 3.41. The number of rotatable bonds is 7. The van der Waals surface area contributed by atoms with Gasteiger partial charge in [-0.15, -0.1) is 0 Å². The standard InChI is InChI=1S/C14H20BrNO2/c1-11(4-3-9-17)16-14(18)8-7-12-5-2-6-13(15)10-12/h2,5-6,10-11,17H,3-4,7-9H2,1H3,(H,16,18). The second kappa shape index (κ2) is 8.27. The number of benzene rings is 1. The van der Waals surface area contributed by atoms with Gasteiger partial charge in [-0.25, -0.2) is 0 Å². The molecule has 0 heterocycles. The van der Waals surface area contributed by atoms with Crippen molar-refractivity contribution in [3.63, 3.8) is 0 Å². The van der Waals surface area contributed by atoms with Crippen LogP contribution in [0.5, 0.6) is 0 Å². The minimum absolute atomic E-state index is 0.0698. The van der Waals surface area contributed by atoms with Gasteiger partial charge in [0.25, 0.3) is 0 Å². The molecule has 0 radical (unpaired) electrons. The normalized spacial score (nSPS) is 12.2. The van der Waals surface area contributed by atoms with Gasteiger partial charge in [0.2, 0.25) is 5.91 Å². The van der Waals surface area contributed by atoms with E-state index in [1.165, 1.54) is 0 Å². The number of carbonyl (C=O) groups is 1. The summed E-state index contributed by atoms with van der Waals surface area (Å²) in [6.45, 7) is 2.14. The third kappa shape index (κ3) is 6.17. The molecule has 1 unspecified atom stereocenters. The highest BCUT2D eigenvalue weighted by Crippen LogP contribution is 2.13. The summed E-state index contributed by atoms with van der Waals surface area (Å²) < 4.78 is 1.04. The number of aliphatic hydroxyl groups excluding tert-OH is 1. The van der Waals surface area contributed by atoms with Gasteiger partial charge in [0, 0.05) is 23.5 Å². The summed E-state index contributed by atoms with van der Waals surface area (Å²) in [7, 11) is 0. The van der Waals surface area contributed by atoms with E-state index in [9.17, 15) is 4.79 Å². The Morgan fingerprint density at radius 1 is 1.50 bits per heavy atom. The third-order valence-electron chi connectivity index (χ3n) is 2.73. The molecule has 0 fully saturated rings. The van der Waals surface area contributed by atoms with Crippen molar-refractivity contribution in [3.8, 4) is 0 Å². The van der Waals surface area contributed by atoms with Crippen molar-refractivity contribution in [3.05, 3.63) is 34.3 Å². The van der Waals surface area contributed by atoms with Crippen molar-refractivity contribution < 1.29 is 9.90 Å². The SMILES string of the molecule is CC(CCCO)NC(=O)CCc1cccc(Br)c1. The Labute approximate surface area is 117 Å². The molecule has 0 aliphatic rings.